The van der Waals surface area contributed by atoms with E-state index in [0.717, 1.165) is 19.3 Å². The van der Waals surface area contributed by atoms with E-state index >= 15 is 0 Å². The third kappa shape index (κ3) is 3.61. The van der Waals surface area contributed by atoms with E-state index in [-0.39, 0.29) is 23.5 Å². The molecule has 0 aromatic rings. The van der Waals surface area contributed by atoms with E-state index in [1.165, 1.54) is 0 Å². The molecule has 19 heavy (non-hydrogen) atoms. The smallest absolute Gasteiger partial charge is 0.410 e. The van der Waals surface area contributed by atoms with Gasteiger partial charge in [0.1, 0.15) is 5.60 Å². The lowest BCUT2D eigenvalue weighted by atomic mass is 10.1. The van der Waals surface area contributed by atoms with Gasteiger partial charge in [0, 0.05) is 24.5 Å². The molecule has 0 unspecified atom stereocenters. The van der Waals surface area contributed by atoms with Crippen LogP contribution in [0.4, 0.5) is 4.79 Å². The first-order valence-electron chi connectivity index (χ1n) is 6.98. The molecule has 2 aliphatic rings. The van der Waals surface area contributed by atoms with Crippen molar-refractivity contribution < 1.29 is 14.3 Å². The van der Waals surface area contributed by atoms with Crippen molar-refractivity contribution in [3.63, 3.8) is 0 Å². The Kier molecular flexibility index (Phi) is 3.49. The number of likely N-dealkylation sites (tertiary alicyclic amines) is 1. The molecule has 2 rings (SSSR count). The summed E-state index contributed by atoms with van der Waals surface area (Å²) in [6.07, 6.45) is 2.46. The van der Waals surface area contributed by atoms with Gasteiger partial charge in [0.2, 0.25) is 5.91 Å². The van der Waals surface area contributed by atoms with Gasteiger partial charge < -0.3 is 15.0 Å². The van der Waals surface area contributed by atoms with Gasteiger partial charge >= 0.3 is 6.09 Å². The Morgan fingerprint density at radius 2 is 1.95 bits per heavy atom. The summed E-state index contributed by atoms with van der Waals surface area (Å²) in [5, 5.41) is 3.04. The molecular formula is C14H24N2O3. The van der Waals surface area contributed by atoms with Gasteiger partial charge in [-0.05, 0) is 40.0 Å². The maximum atomic E-state index is 11.9. The zero-order valence-corrected chi connectivity index (χ0v) is 12.3. The first-order valence-corrected chi connectivity index (χ1v) is 6.98. The molecule has 2 fully saturated rings. The number of nitrogens with zero attached hydrogens (tertiary/aromatic N) is 1. The van der Waals surface area contributed by atoms with Gasteiger partial charge in [0.25, 0.3) is 0 Å². The van der Waals surface area contributed by atoms with Crippen molar-refractivity contribution >= 4 is 12.0 Å². The average molecular weight is 268 g/mol. The van der Waals surface area contributed by atoms with Crippen molar-refractivity contribution in [2.75, 3.05) is 13.1 Å². The minimum atomic E-state index is -0.472. The van der Waals surface area contributed by atoms with E-state index in [0.29, 0.717) is 13.1 Å². The van der Waals surface area contributed by atoms with Crippen LogP contribution in [-0.4, -0.2) is 41.6 Å². The van der Waals surface area contributed by atoms with Gasteiger partial charge in [-0.25, -0.2) is 4.79 Å². The first kappa shape index (κ1) is 14.2. The predicted molar refractivity (Wildman–Crippen MR) is 71.7 cm³/mol. The number of carbonyl (C=O) groups excluding carboxylic acids is 2. The molecule has 108 valence electrons. The molecule has 2 amide bonds. The highest BCUT2D eigenvalue weighted by atomic mass is 16.6. The van der Waals surface area contributed by atoms with Crippen molar-refractivity contribution in [1.29, 1.82) is 0 Å². The standard InChI is InChI=1S/C14H24N2O3/c1-13(2,3)19-12(18)16-8-5-10(9-16)15-11(17)14(4)6-7-14/h10H,5-9H2,1-4H3,(H,15,17)/t10-/m0/s1. The SMILES string of the molecule is CC(C)(C)OC(=O)N1CC[C@H](NC(=O)C2(C)CC2)C1. The number of rotatable bonds is 2. The maximum absolute atomic E-state index is 11.9. The van der Waals surface area contributed by atoms with Gasteiger partial charge in [-0.15, -0.1) is 0 Å². The lowest BCUT2D eigenvalue weighted by Crippen LogP contribution is -2.42. The lowest BCUT2D eigenvalue weighted by molar-refractivity contribution is -0.126. The van der Waals surface area contributed by atoms with Gasteiger partial charge in [0.05, 0.1) is 0 Å². The number of hydrogen-bond acceptors (Lipinski definition) is 3. The molecule has 0 radical (unpaired) electrons. The van der Waals surface area contributed by atoms with E-state index < -0.39 is 5.60 Å². The van der Waals surface area contributed by atoms with Crippen LogP contribution in [0.2, 0.25) is 0 Å². The zero-order valence-electron chi connectivity index (χ0n) is 12.3. The van der Waals surface area contributed by atoms with Crippen LogP contribution in [0.15, 0.2) is 0 Å². The van der Waals surface area contributed by atoms with E-state index in [9.17, 15) is 9.59 Å². The molecule has 0 aromatic heterocycles. The fourth-order valence-electron chi connectivity index (χ4n) is 2.14. The third-order valence-corrected chi connectivity index (χ3v) is 3.72. The first-order chi connectivity index (χ1) is 8.70. The third-order valence-electron chi connectivity index (χ3n) is 3.72. The van der Waals surface area contributed by atoms with E-state index in [1.54, 1.807) is 4.90 Å². The van der Waals surface area contributed by atoms with Gasteiger partial charge in [-0.1, -0.05) is 6.92 Å². The quantitative estimate of drug-likeness (QED) is 0.832. The monoisotopic (exact) mass is 268 g/mol. The van der Waals surface area contributed by atoms with E-state index in [1.807, 2.05) is 27.7 Å². The second-order valence-corrected chi connectivity index (χ2v) is 6.95. The normalized spacial score (nSPS) is 25.1. The van der Waals surface area contributed by atoms with E-state index in [2.05, 4.69) is 5.32 Å². The Morgan fingerprint density at radius 1 is 1.32 bits per heavy atom. The number of carbonyl (C=O) groups is 2. The molecule has 5 heteroatoms. The maximum Gasteiger partial charge on any atom is 0.410 e. The molecule has 5 nitrogen and oxygen atoms in total. The summed E-state index contributed by atoms with van der Waals surface area (Å²) >= 11 is 0. The largest absolute Gasteiger partial charge is 0.444 e. The highest BCUT2D eigenvalue weighted by Crippen LogP contribution is 2.45. The Hall–Kier alpha value is -1.26. The van der Waals surface area contributed by atoms with Crippen LogP contribution in [0.3, 0.4) is 0 Å². The Bertz CT molecular complexity index is 383. The average Bonchev–Trinajstić information content (AvgIpc) is 2.85. The minimum Gasteiger partial charge on any atom is -0.444 e. The Labute approximate surface area is 114 Å². The van der Waals surface area contributed by atoms with Crippen LogP contribution >= 0.6 is 0 Å². The summed E-state index contributed by atoms with van der Waals surface area (Å²) < 4.78 is 5.33. The molecule has 1 aliphatic heterocycles. The highest BCUT2D eigenvalue weighted by Gasteiger charge is 2.46. The molecule has 1 heterocycles. The lowest BCUT2D eigenvalue weighted by Gasteiger charge is -2.24. The number of nitrogens with one attached hydrogen (secondary N) is 1. The zero-order chi connectivity index (χ0) is 14.3. The Balaban J connectivity index is 1.80. The van der Waals surface area contributed by atoms with Gasteiger partial charge in [-0.3, -0.25) is 4.79 Å². The van der Waals surface area contributed by atoms with Crippen LogP contribution in [0.5, 0.6) is 0 Å². The van der Waals surface area contributed by atoms with Gasteiger partial charge in [0.15, 0.2) is 0 Å². The highest BCUT2D eigenvalue weighted by molar-refractivity contribution is 5.85. The number of hydrogen-bond donors (Lipinski definition) is 1. The molecule has 1 atom stereocenters. The van der Waals surface area contributed by atoms with Crippen LogP contribution in [0.1, 0.15) is 47.0 Å². The van der Waals surface area contributed by atoms with Crippen LogP contribution < -0.4 is 5.32 Å². The molecule has 0 spiro atoms. The van der Waals surface area contributed by atoms with Gasteiger partial charge in [-0.2, -0.15) is 0 Å². The Morgan fingerprint density at radius 3 is 2.47 bits per heavy atom. The molecule has 1 saturated carbocycles. The van der Waals surface area contributed by atoms with Crippen molar-refractivity contribution in [3.05, 3.63) is 0 Å². The molecule has 1 N–H and O–H groups in total. The summed E-state index contributed by atoms with van der Waals surface area (Å²) in [4.78, 5) is 25.5. The second-order valence-electron chi connectivity index (χ2n) is 6.95. The minimum absolute atomic E-state index is 0.0671. The molecule has 0 bridgehead atoms. The van der Waals surface area contributed by atoms with Crippen LogP contribution in [0, 0.1) is 5.41 Å². The molecule has 1 aliphatic carbocycles. The second kappa shape index (κ2) is 4.69. The molecule has 1 saturated heterocycles. The number of ether oxygens (including phenoxy) is 1. The van der Waals surface area contributed by atoms with Crippen molar-refractivity contribution in [1.82, 2.24) is 10.2 Å². The fraction of sp³-hybridized carbons (Fsp3) is 0.857. The van der Waals surface area contributed by atoms with E-state index in [4.69, 9.17) is 4.74 Å². The van der Waals surface area contributed by atoms with Crippen LogP contribution in [0.25, 0.3) is 0 Å². The summed E-state index contributed by atoms with van der Waals surface area (Å²) in [6.45, 7) is 8.76. The number of amides is 2. The van der Waals surface area contributed by atoms with Crippen LogP contribution in [-0.2, 0) is 9.53 Å². The van der Waals surface area contributed by atoms with Crippen molar-refractivity contribution in [2.24, 2.45) is 5.41 Å². The summed E-state index contributed by atoms with van der Waals surface area (Å²) in [5.41, 5.74) is -0.626. The van der Waals surface area contributed by atoms with Crippen molar-refractivity contribution in [2.45, 2.75) is 58.6 Å². The molecular weight excluding hydrogens is 244 g/mol. The summed E-state index contributed by atoms with van der Waals surface area (Å²) in [6, 6.07) is 0.0671. The summed E-state index contributed by atoms with van der Waals surface area (Å²) in [5.74, 6) is 0.128. The van der Waals surface area contributed by atoms with Crippen molar-refractivity contribution in [3.8, 4) is 0 Å². The molecule has 0 aromatic carbocycles. The topological polar surface area (TPSA) is 58.6 Å². The predicted octanol–water partition coefficient (Wildman–Crippen LogP) is 1.91. The summed E-state index contributed by atoms with van der Waals surface area (Å²) in [7, 11) is 0. The fourth-order valence-corrected chi connectivity index (χ4v) is 2.14.